The number of rotatable bonds is 7. The molecule has 0 atom stereocenters. The third-order valence-electron chi connectivity index (χ3n) is 3.94. The molecule has 2 N–H and O–H groups in total. The van der Waals surface area contributed by atoms with E-state index in [0.717, 1.165) is 13.1 Å². The van der Waals surface area contributed by atoms with Crippen LogP contribution in [-0.2, 0) is 6.42 Å². The average molecular weight is 261 g/mol. The number of benzene rings is 1. The molecule has 1 saturated heterocycles. The Labute approximate surface area is 117 Å². The van der Waals surface area contributed by atoms with E-state index in [1.54, 1.807) is 0 Å². The molecule has 0 amide bonds. The van der Waals surface area contributed by atoms with Crippen LogP contribution in [0.3, 0.4) is 0 Å². The lowest BCUT2D eigenvalue weighted by atomic mass is 10.1. The van der Waals surface area contributed by atoms with E-state index in [1.165, 1.54) is 57.5 Å². The number of piperazine rings is 1. The van der Waals surface area contributed by atoms with Crippen LogP contribution in [0.25, 0.3) is 0 Å². The maximum atomic E-state index is 5.59. The summed E-state index contributed by atoms with van der Waals surface area (Å²) in [6, 6.07) is 10.8. The van der Waals surface area contributed by atoms with Crippen LogP contribution in [0, 0.1) is 0 Å². The van der Waals surface area contributed by atoms with Gasteiger partial charge in [-0.25, -0.2) is 0 Å². The summed E-state index contributed by atoms with van der Waals surface area (Å²) in [6.45, 7) is 7.91. The van der Waals surface area contributed by atoms with Crippen molar-refractivity contribution in [3.8, 4) is 0 Å². The highest BCUT2D eigenvalue weighted by molar-refractivity contribution is 5.14. The van der Waals surface area contributed by atoms with Gasteiger partial charge in [0.05, 0.1) is 0 Å². The van der Waals surface area contributed by atoms with Crippen molar-refractivity contribution in [1.82, 2.24) is 9.80 Å². The average Bonchev–Trinajstić information content (AvgIpc) is 2.47. The number of nitrogens with zero attached hydrogens (tertiary/aromatic N) is 2. The highest BCUT2D eigenvalue weighted by Crippen LogP contribution is 2.07. The fourth-order valence-corrected chi connectivity index (χ4v) is 2.73. The molecule has 1 aliphatic rings. The van der Waals surface area contributed by atoms with Crippen molar-refractivity contribution in [2.24, 2.45) is 5.73 Å². The molecule has 0 radical (unpaired) electrons. The first-order valence-corrected chi connectivity index (χ1v) is 7.57. The molecule has 0 saturated carbocycles. The number of nitrogens with two attached hydrogens (primary N) is 1. The summed E-state index contributed by atoms with van der Waals surface area (Å²) in [5, 5.41) is 0. The fraction of sp³-hybridized carbons (Fsp3) is 0.625. The van der Waals surface area contributed by atoms with Gasteiger partial charge in [0.2, 0.25) is 0 Å². The van der Waals surface area contributed by atoms with Gasteiger partial charge in [0, 0.05) is 39.3 Å². The van der Waals surface area contributed by atoms with E-state index < -0.39 is 0 Å². The van der Waals surface area contributed by atoms with Gasteiger partial charge in [-0.1, -0.05) is 30.3 Å². The molecule has 1 aliphatic heterocycles. The van der Waals surface area contributed by atoms with Gasteiger partial charge in [-0.2, -0.15) is 0 Å². The Hall–Kier alpha value is -0.900. The zero-order valence-corrected chi connectivity index (χ0v) is 11.9. The van der Waals surface area contributed by atoms with Crippen LogP contribution < -0.4 is 5.73 Å². The smallest absolute Gasteiger partial charge is 0.0110 e. The number of aryl methyl sites for hydroxylation is 1. The highest BCUT2D eigenvalue weighted by Gasteiger charge is 2.15. The van der Waals surface area contributed by atoms with E-state index in [-0.39, 0.29) is 0 Å². The van der Waals surface area contributed by atoms with Crippen LogP contribution >= 0.6 is 0 Å². The van der Waals surface area contributed by atoms with Crippen LogP contribution in [0.2, 0.25) is 0 Å². The Morgan fingerprint density at radius 2 is 1.47 bits per heavy atom. The number of hydrogen-bond donors (Lipinski definition) is 1. The minimum Gasteiger partial charge on any atom is -0.329 e. The first kappa shape index (κ1) is 14.5. The molecule has 1 aromatic carbocycles. The summed E-state index contributed by atoms with van der Waals surface area (Å²) in [5.74, 6) is 0. The standard InChI is InChI=1S/C16H27N3/c17-9-11-19-14-12-18(13-15-19)10-5-4-8-16-6-2-1-3-7-16/h1-3,6-7H,4-5,8-15,17H2. The topological polar surface area (TPSA) is 32.5 Å². The Morgan fingerprint density at radius 3 is 2.11 bits per heavy atom. The molecule has 0 bridgehead atoms. The van der Waals surface area contributed by atoms with Crippen molar-refractivity contribution in [3.63, 3.8) is 0 Å². The second kappa shape index (κ2) is 8.31. The zero-order chi connectivity index (χ0) is 13.3. The van der Waals surface area contributed by atoms with Gasteiger partial charge in [-0.05, 0) is 31.4 Å². The Morgan fingerprint density at radius 1 is 0.842 bits per heavy atom. The number of hydrogen-bond acceptors (Lipinski definition) is 3. The third kappa shape index (κ3) is 5.31. The highest BCUT2D eigenvalue weighted by atomic mass is 15.3. The van der Waals surface area contributed by atoms with Gasteiger partial charge >= 0.3 is 0 Å². The summed E-state index contributed by atoms with van der Waals surface area (Å²) in [7, 11) is 0. The second-order valence-electron chi connectivity index (χ2n) is 5.41. The van der Waals surface area contributed by atoms with Gasteiger partial charge < -0.3 is 10.6 Å². The quantitative estimate of drug-likeness (QED) is 0.757. The molecule has 2 rings (SSSR count). The SMILES string of the molecule is NCCN1CCN(CCCCc2ccccc2)CC1. The van der Waals surface area contributed by atoms with Gasteiger partial charge in [0.1, 0.15) is 0 Å². The molecule has 0 aliphatic carbocycles. The number of unbranched alkanes of at least 4 members (excludes halogenated alkanes) is 1. The van der Waals surface area contributed by atoms with Crippen LogP contribution in [0.5, 0.6) is 0 Å². The van der Waals surface area contributed by atoms with Gasteiger partial charge in [-0.3, -0.25) is 4.90 Å². The summed E-state index contributed by atoms with van der Waals surface area (Å²) < 4.78 is 0. The maximum absolute atomic E-state index is 5.59. The first-order valence-electron chi connectivity index (χ1n) is 7.57. The minimum absolute atomic E-state index is 0.789. The largest absolute Gasteiger partial charge is 0.329 e. The monoisotopic (exact) mass is 261 g/mol. The molecule has 1 heterocycles. The molecule has 3 nitrogen and oxygen atoms in total. The predicted molar refractivity (Wildman–Crippen MR) is 81.3 cm³/mol. The normalized spacial score (nSPS) is 17.7. The zero-order valence-electron chi connectivity index (χ0n) is 11.9. The predicted octanol–water partition coefficient (Wildman–Crippen LogP) is 1.59. The lowest BCUT2D eigenvalue weighted by Gasteiger charge is -2.34. The van der Waals surface area contributed by atoms with Crippen molar-refractivity contribution >= 4 is 0 Å². The minimum atomic E-state index is 0.789. The van der Waals surface area contributed by atoms with E-state index in [0.29, 0.717) is 0 Å². The summed E-state index contributed by atoms with van der Waals surface area (Å²) in [6.07, 6.45) is 3.83. The van der Waals surface area contributed by atoms with Crippen LogP contribution in [-0.4, -0.2) is 55.6 Å². The summed E-state index contributed by atoms with van der Waals surface area (Å²) in [5.41, 5.74) is 7.06. The Balaban J connectivity index is 1.55. The molecule has 106 valence electrons. The lowest BCUT2D eigenvalue weighted by molar-refractivity contribution is 0.133. The second-order valence-corrected chi connectivity index (χ2v) is 5.41. The molecule has 1 aromatic rings. The maximum Gasteiger partial charge on any atom is 0.0110 e. The first-order chi connectivity index (χ1) is 9.38. The van der Waals surface area contributed by atoms with E-state index in [2.05, 4.69) is 40.1 Å². The van der Waals surface area contributed by atoms with Gasteiger partial charge in [-0.15, -0.1) is 0 Å². The van der Waals surface area contributed by atoms with Crippen molar-refractivity contribution in [2.45, 2.75) is 19.3 Å². The Bertz CT molecular complexity index is 331. The van der Waals surface area contributed by atoms with Crippen molar-refractivity contribution in [3.05, 3.63) is 35.9 Å². The molecule has 19 heavy (non-hydrogen) atoms. The van der Waals surface area contributed by atoms with Gasteiger partial charge in [0.25, 0.3) is 0 Å². The molecule has 1 fully saturated rings. The molecule has 0 spiro atoms. The molecule has 0 unspecified atom stereocenters. The van der Waals surface area contributed by atoms with Crippen LogP contribution in [0.4, 0.5) is 0 Å². The van der Waals surface area contributed by atoms with E-state index in [9.17, 15) is 0 Å². The van der Waals surface area contributed by atoms with Crippen LogP contribution in [0.1, 0.15) is 18.4 Å². The fourth-order valence-electron chi connectivity index (χ4n) is 2.73. The molecule has 0 aromatic heterocycles. The molecular formula is C16H27N3. The van der Waals surface area contributed by atoms with Crippen molar-refractivity contribution in [2.75, 3.05) is 45.8 Å². The summed E-state index contributed by atoms with van der Waals surface area (Å²) >= 11 is 0. The van der Waals surface area contributed by atoms with Crippen molar-refractivity contribution in [1.29, 1.82) is 0 Å². The lowest BCUT2D eigenvalue weighted by Crippen LogP contribution is -2.47. The van der Waals surface area contributed by atoms with Crippen molar-refractivity contribution < 1.29 is 0 Å². The third-order valence-corrected chi connectivity index (χ3v) is 3.94. The summed E-state index contributed by atoms with van der Waals surface area (Å²) in [4.78, 5) is 5.07. The molecular weight excluding hydrogens is 234 g/mol. The Kier molecular flexibility index (Phi) is 6.34. The van der Waals surface area contributed by atoms with E-state index >= 15 is 0 Å². The molecule has 3 heteroatoms. The van der Waals surface area contributed by atoms with E-state index in [1.807, 2.05) is 0 Å². The van der Waals surface area contributed by atoms with E-state index in [4.69, 9.17) is 5.73 Å². The van der Waals surface area contributed by atoms with Gasteiger partial charge in [0.15, 0.2) is 0 Å². The van der Waals surface area contributed by atoms with Crippen LogP contribution in [0.15, 0.2) is 30.3 Å².